The fourth-order valence-corrected chi connectivity index (χ4v) is 2.64. The Bertz CT molecular complexity index is 872. The van der Waals surface area contributed by atoms with Crippen molar-refractivity contribution >= 4 is 28.4 Å². The number of rotatable bonds is 3. The lowest BCUT2D eigenvalue weighted by atomic mass is 10.1. The summed E-state index contributed by atoms with van der Waals surface area (Å²) in [4.78, 5) is 15.8. The van der Waals surface area contributed by atoms with E-state index >= 15 is 0 Å². The number of Topliss-reactive ketones (excluding diaryl/α,β-unsaturated/α-hetero) is 1. The van der Waals surface area contributed by atoms with Crippen LogP contribution in [0.3, 0.4) is 0 Å². The van der Waals surface area contributed by atoms with E-state index in [1.165, 1.54) is 16.8 Å². The zero-order valence-electron chi connectivity index (χ0n) is 11.6. The van der Waals surface area contributed by atoms with Crippen molar-refractivity contribution in [2.75, 3.05) is 0 Å². The van der Waals surface area contributed by atoms with Gasteiger partial charge >= 0.3 is 6.18 Å². The summed E-state index contributed by atoms with van der Waals surface area (Å²) in [5.74, 6) is -1.93. The number of carbonyl (C=O) groups excluding carboxylic acids is 1. The van der Waals surface area contributed by atoms with Gasteiger partial charge in [0.05, 0.1) is 10.6 Å². The summed E-state index contributed by atoms with van der Waals surface area (Å²) >= 11 is 6.00. The van der Waals surface area contributed by atoms with Gasteiger partial charge in [0.1, 0.15) is 5.65 Å². The highest BCUT2D eigenvalue weighted by Crippen LogP contribution is 2.32. The molecule has 3 nitrogen and oxygen atoms in total. The molecule has 2 heterocycles. The fourth-order valence-electron chi connectivity index (χ4n) is 2.40. The van der Waals surface area contributed by atoms with Crippen LogP contribution in [-0.4, -0.2) is 21.5 Å². The molecule has 0 aliphatic rings. The molecule has 0 atom stereocenters. The molecule has 0 bridgehead atoms. The van der Waals surface area contributed by atoms with Gasteiger partial charge < -0.3 is 4.57 Å². The van der Waals surface area contributed by atoms with E-state index in [0.29, 0.717) is 0 Å². The first-order valence-corrected chi connectivity index (χ1v) is 7.04. The van der Waals surface area contributed by atoms with Crippen LogP contribution in [0.25, 0.3) is 11.0 Å². The van der Waals surface area contributed by atoms with E-state index in [-0.39, 0.29) is 22.6 Å². The first-order chi connectivity index (χ1) is 10.9. The third-order valence-electron chi connectivity index (χ3n) is 3.40. The Hall–Kier alpha value is -2.34. The number of alkyl halides is 3. The molecule has 23 heavy (non-hydrogen) atoms. The van der Waals surface area contributed by atoms with Gasteiger partial charge in [0.2, 0.25) is 0 Å². The molecule has 0 N–H and O–H groups in total. The van der Waals surface area contributed by atoms with Gasteiger partial charge in [-0.15, -0.1) is 0 Å². The van der Waals surface area contributed by atoms with Gasteiger partial charge in [-0.05, 0) is 11.6 Å². The number of carbonyl (C=O) groups is 1. The molecular weight excluding hydrogens is 329 g/mol. The molecule has 0 saturated carbocycles. The summed E-state index contributed by atoms with van der Waals surface area (Å²) in [6.07, 6.45) is -2.41. The molecule has 0 radical (unpaired) electrons. The molecule has 0 aliphatic heterocycles. The Morgan fingerprint density at radius 1 is 1.17 bits per heavy atom. The van der Waals surface area contributed by atoms with Crippen molar-refractivity contribution in [1.82, 2.24) is 9.55 Å². The zero-order valence-corrected chi connectivity index (χ0v) is 12.4. The van der Waals surface area contributed by atoms with Crippen molar-refractivity contribution in [2.24, 2.45) is 0 Å². The second-order valence-electron chi connectivity index (χ2n) is 4.97. The quantitative estimate of drug-likeness (QED) is 0.660. The van der Waals surface area contributed by atoms with Gasteiger partial charge in [0.25, 0.3) is 5.78 Å². The van der Waals surface area contributed by atoms with Crippen LogP contribution < -0.4 is 0 Å². The number of ketones is 1. The Balaban J connectivity index is 2.17. The molecule has 0 unspecified atom stereocenters. The molecule has 0 saturated heterocycles. The molecule has 0 spiro atoms. The standard InChI is InChI=1S/C16H10ClF3N2O/c17-12-6-7-21-15-13(12)11(14(23)16(18,19)20)9-22(15)8-10-4-2-1-3-5-10/h1-7,9H,8H2. The summed E-state index contributed by atoms with van der Waals surface area (Å²) in [6.45, 7) is 0.288. The minimum atomic E-state index is -4.97. The monoisotopic (exact) mass is 338 g/mol. The summed E-state index contributed by atoms with van der Waals surface area (Å²) in [7, 11) is 0. The van der Waals surface area contributed by atoms with Crippen molar-refractivity contribution in [1.29, 1.82) is 0 Å². The molecule has 2 aromatic heterocycles. The lowest BCUT2D eigenvalue weighted by Crippen LogP contribution is -2.22. The van der Waals surface area contributed by atoms with Gasteiger partial charge in [-0.25, -0.2) is 4.98 Å². The number of halogens is 4. The average molecular weight is 339 g/mol. The molecule has 118 valence electrons. The molecule has 3 rings (SSSR count). The van der Waals surface area contributed by atoms with E-state index in [1.54, 1.807) is 0 Å². The summed E-state index contributed by atoms with van der Waals surface area (Å²) in [5.41, 5.74) is 0.632. The molecule has 3 aromatic rings. The van der Waals surface area contributed by atoms with Crippen molar-refractivity contribution in [3.8, 4) is 0 Å². The highest BCUT2D eigenvalue weighted by atomic mass is 35.5. The summed E-state index contributed by atoms with van der Waals surface area (Å²) < 4.78 is 39.9. The van der Waals surface area contributed by atoms with Crippen molar-refractivity contribution < 1.29 is 18.0 Å². The van der Waals surface area contributed by atoms with Gasteiger partial charge in [-0.2, -0.15) is 13.2 Å². The molecule has 0 amide bonds. The molecule has 0 aliphatic carbocycles. The SMILES string of the molecule is O=C(c1cn(Cc2ccccc2)c2nccc(Cl)c12)C(F)(F)F. The number of aromatic nitrogens is 2. The number of pyridine rings is 1. The minimum Gasteiger partial charge on any atom is -0.327 e. The fraction of sp³-hybridized carbons (Fsp3) is 0.125. The third-order valence-corrected chi connectivity index (χ3v) is 3.72. The first-order valence-electron chi connectivity index (χ1n) is 6.66. The normalized spacial score (nSPS) is 11.8. The van der Waals surface area contributed by atoms with Crippen molar-refractivity contribution in [3.63, 3.8) is 0 Å². The second kappa shape index (κ2) is 5.70. The van der Waals surface area contributed by atoms with Crippen LogP contribution in [0.4, 0.5) is 13.2 Å². The predicted octanol–water partition coefficient (Wildman–Crippen LogP) is 4.48. The van der Waals surface area contributed by atoms with E-state index in [0.717, 1.165) is 11.8 Å². The zero-order chi connectivity index (χ0) is 16.6. The lowest BCUT2D eigenvalue weighted by molar-refractivity contribution is -0.0884. The molecule has 7 heteroatoms. The van der Waals surface area contributed by atoms with Crippen LogP contribution in [0.5, 0.6) is 0 Å². The van der Waals surface area contributed by atoms with Gasteiger partial charge in [-0.1, -0.05) is 41.9 Å². The van der Waals surface area contributed by atoms with Crippen molar-refractivity contribution in [3.05, 3.63) is 64.9 Å². The highest BCUT2D eigenvalue weighted by molar-refractivity contribution is 6.36. The minimum absolute atomic E-state index is 0.0208. The third kappa shape index (κ3) is 2.94. The van der Waals surface area contributed by atoms with Crippen LogP contribution >= 0.6 is 11.6 Å². The van der Waals surface area contributed by atoms with E-state index < -0.39 is 17.5 Å². The Labute approximate surface area is 134 Å². The first kappa shape index (κ1) is 15.6. The van der Waals surface area contributed by atoms with Crippen LogP contribution in [0.2, 0.25) is 5.02 Å². The largest absolute Gasteiger partial charge is 0.454 e. The maximum Gasteiger partial charge on any atom is 0.454 e. The smallest absolute Gasteiger partial charge is 0.327 e. The van der Waals surface area contributed by atoms with E-state index in [9.17, 15) is 18.0 Å². The number of fused-ring (bicyclic) bond motifs is 1. The van der Waals surface area contributed by atoms with Crippen LogP contribution in [-0.2, 0) is 6.54 Å². The van der Waals surface area contributed by atoms with Crippen LogP contribution in [0.15, 0.2) is 48.8 Å². The van der Waals surface area contributed by atoms with E-state index in [1.807, 2.05) is 30.3 Å². The second-order valence-corrected chi connectivity index (χ2v) is 5.38. The van der Waals surface area contributed by atoms with Gasteiger partial charge in [0, 0.05) is 24.3 Å². The Morgan fingerprint density at radius 2 is 1.87 bits per heavy atom. The van der Waals surface area contributed by atoms with E-state index in [2.05, 4.69) is 4.98 Å². The molecule has 1 aromatic carbocycles. The lowest BCUT2D eigenvalue weighted by Gasteiger charge is -2.04. The maximum atomic E-state index is 12.8. The van der Waals surface area contributed by atoms with Gasteiger partial charge in [0.15, 0.2) is 0 Å². The molecular formula is C16H10ClF3N2O. The summed E-state index contributed by atoms with van der Waals surface area (Å²) in [5, 5.41) is 0.0850. The Kier molecular flexibility index (Phi) is 3.85. The Morgan fingerprint density at radius 3 is 2.52 bits per heavy atom. The maximum absolute atomic E-state index is 12.8. The topological polar surface area (TPSA) is 34.9 Å². The van der Waals surface area contributed by atoms with Crippen molar-refractivity contribution in [2.45, 2.75) is 12.7 Å². The number of hydrogen-bond acceptors (Lipinski definition) is 2. The van der Waals surface area contributed by atoms with E-state index in [4.69, 9.17) is 11.6 Å². The predicted molar refractivity (Wildman–Crippen MR) is 80.7 cm³/mol. The summed E-state index contributed by atoms with van der Waals surface area (Å²) in [6, 6.07) is 10.5. The average Bonchev–Trinajstić information content (AvgIpc) is 2.87. The number of benzene rings is 1. The number of hydrogen-bond donors (Lipinski definition) is 0. The number of nitrogens with zero attached hydrogens (tertiary/aromatic N) is 2. The highest BCUT2D eigenvalue weighted by Gasteiger charge is 2.41. The van der Waals surface area contributed by atoms with Crippen LogP contribution in [0, 0.1) is 0 Å². The molecule has 0 fully saturated rings. The van der Waals surface area contributed by atoms with Gasteiger partial charge in [-0.3, -0.25) is 4.79 Å². The van der Waals surface area contributed by atoms with Crippen LogP contribution in [0.1, 0.15) is 15.9 Å².